The van der Waals surface area contributed by atoms with Gasteiger partial charge in [-0.05, 0) is 19.4 Å². The summed E-state index contributed by atoms with van der Waals surface area (Å²) in [7, 11) is 0. The van der Waals surface area contributed by atoms with Crippen LogP contribution in [0.5, 0.6) is 0 Å². The van der Waals surface area contributed by atoms with Crippen molar-refractivity contribution in [2.24, 2.45) is 5.73 Å². The summed E-state index contributed by atoms with van der Waals surface area (Å²) in [5.41, 5.74) is 5.47. The minimum absolute atomic E-state index is 0.848. The zero-order chi connectivity index (χ0) is 13.6. The van der Waals surface area contributed by atoms with Gasteiger partial charge in [-0.1, -0.05) is 51.4 Å². The van der Waals surface area contributed by atoms with Gasteiger partial charge in [-0.3, -0.25) is 0 Å². The Hall–Kier alpha value is -1.03. The highest BCUT2D eigenvalue weighted by Gasteiger charge is 1.96. The number of rotatable bonds is 12. The first-order valence-corrected chi connectivity index (χ1v) is 7.74. The molecule has 1 aromatic rings. The van der Waals surface area contributed by atoms with E-state index in [2.05, 4.69) is 15.0 Å². The van der Waals surface area contributed by atoms with E-state index in [0.717, 1.165) is 18.8 Å². The van der Waals surface area contributed by atoms with Crippen molar-refractivity contribution in [2.75, 3.05) is 6.54 Å². The average molecular weight is 264 g/mol. The summed E-state index contributed by atoms with van der Waals surface area (Å²) < 4.78 is 0. The second-order valence-corrected chi connectivity index (χ2v) is 5.13. The van der Waals surface area contributed by atoms with Gasteiger partial charge in [-0.2, -0.15) is 0 Å². The van der Waals surface area contributed by atoms with Gasteiger partial charge >= 0.3 is 0 Å². The van der Waals surface area contributed by atoms with Gasteiger partial charge in [0.1, 0.15) is 18.5 Å². The van der Waals surface area contributed by atoms with Crippen molar-refractivity contribution < 1.29 is 0 Å². The molecule has 0 spiro atoms. The van der Waals surface area contributed by atoms with Crippen LogP contribution in [0, 0.1) is 0 Å². The van der Waals surface area contributed by atoms with Crippen LogP contribution in [0.1, 0.15) is 70.0 Å². The Morgan fingerprint density at radius 3 is 1.68 bits per heavy atom. The predicted molar refractivity (Wildman–Crippen MR) is 78.8 cm³/mol. The zero-order valence-electron chi connectivity index (χ0n) is 12.1. The molecule has 0 unspecified atom stereocenters. The number of hydrogen-bond acceptors (Lipinski definition) is 4. The van der Waals surface area contributed by atoms with Crippen LogP contribution in [0.25, 0.3) is 0 Å². The van der Waals surface area contributed by atoms with Crippen molar-refractivity contribution in [3.8, 4) is 0 Å². The summed E-state index contributed by atoms with van der Waals surface area (Å²) in [6, 6.07) is 0. The van der Waals surface area contributed by atoms with Crippen LogP contribution in [0.2, 0.25) is 0 Å². The molecule has 1 aromatic heterocycles. The van der Waals surface area contributed by atoms with E-state index >= 15 is 0 Å². The van der Waals surface area contributed by atoms with Crippen LogP contribution in [0.3, 0.4) is 0 Å². The third-order valence-electron chi connectivity index (χ3n) is 3.40. The predicted octanol–water partition coefficient (Wildman–Crippen LogP) is 3.27. The number of nitrogens with two attached hydrogens (primary N) is 1. The Bertz CT molecular complexity index is 289. The smallest absolute Gasteiger partial charge is 0.131 e. The summed E-state index contributed by atoms with van der Waals surface area (Å²) in [5, 5.41) is 0. The third kappa shape index (κ3) is 9.54. The molecular weight excluding hydrogens is 236 g/mol. The number of aromatic nitrogens is 3. The normalized spacial score (nSPS) is 10.8. The molecule has 0 fully saturated rings. The second-order valence-electron chi connectivity index (χ2n) is 5.13. The molecule has 0 atom stereocenters. The summed E-state index contributed by atoms with van der Waals surface area (Å²) in [5.74, 6) is 0.926. The van der Waals surface area contributed by atoms with E-state index in [1.807, 2.05) is 0 Å². The Morgan fingerprint density at radius 2 is 1.16 bits per heavy atom. The molecule has 108 valence electrons. The molecule has 0 radical (unpaired) electrons. The highest BCUT2D eigenvalue weighted by Crippen LogP contribution is 2.11. The van der Waals surface area contributed by atoms with Crippen molar-refractivity contribution in [3.63, 3.8) is 0 Å². The lowest BCUT2D eigenvalue weighted by molar-refractivity contribution is 0.550. The average Bonchev–Trinajstić information content (AvgIpc) is 2.46. The SMILES string of the molecule is NCCCCCCCCCCCCc1ncncn1. The molecule has 0 saturated heterocycles. The fraction of sp³-hybridized carbons (Fsp3) is 0.800. The van der Waals surface area contributed by atoms with Gasteiger partial charge in [-0.25, -0.2) is 15.0 Å². The van der Waals surface area contributed by atoms with E-state index < -0.39 is 0 Å². The van der Waals surface area contributed by atoms with Gasteiger partial charge in [0.2, 0.25) is 0 Å². The summed E-state index contributed by atoms with van der Waals surface area (Å²) in [6.07, 6.45) is 17.3. The van der Waals surface area contributed by atoms with Crippen molar-refractivity contribution in [1.82, 2.24) is 15.0 Å². The Balaban J connectivity index is 1.79. The van der Waals surface area contributed by atoms with Gasteiger partial charge in [0.25, 0.3) is 0 Å². The fourth-order valence-electron chi connectivity index (χ4n) is 2.23. The Kier molecular flexibility index (Phi) is 10.1. The van der Waals surface area contributed by atoms with Crippen LogP contribution in [0.15, 0.2) is 12.7 Å². The maximum Gasteiger partial charge on any atom is 0.131 e. The van der Waals surface area contributed by atoms with Gasteiger partial charge in [0.05, 0.1) is 0 Å². The molecule has 0 aliphatic heterocycles. The molecule has 0 amide bonds. The van der Waals surface area contributed by atoms with E-state index in [1.54, 1.807) is 12.7 Å². The second kappa shape index (κ2) is 12.0. The molecule has 1 heterocycles. The number of unbranched alkanes of at least 4 members (excludes halogenated alkanes) is 9. The van der Waals surface area contributed by atoms with Crippen molar-refractivity contribution in [1.29, 1.82) is 0 Å². The lowest BCUT2D eigenvalue weighted by Gasteiger charge is -2.02. The first-order chi connectivity index (χ1) is 9.43. The minimum Gasteiger partial charge on any atom is -0.330 e. The maximum absolute atomic E-state index is 5.47. The molecule has 0 aliphatic carbocycles. The number of nitrogens with zero attached hydrogens (tertiary/aromatic N) is 3. The summed E-state index contributed by atoms with van der Waals surface area (Å²) >= 11 is 0. The van der Waals surface area contributed by atoms with E-state index in [1.165, 1.54) is 64.2 Å². The number of aryl methyl sites for hydroxylation is 1. The third-order valence-corrected chi connectivity index (χ3v) is 3.40. The highest BCUT2D eigenvalue weighted by molar-refractivity contribution is 4.80. The molecule has 0 bridgehead atoms. The monoisotopic (exact) mass is 264 g/mol. The molecule has 19 heavy (non-hydrogen) atoms. The van der Waals surface area contributed by atoms with Gasteiger partial charge in [0, 0.05) is 6.42 Å². The lowest BCUT2D eigenvalue weighted by Crippen LogP contribution is -1.97. The van der Waals surface area contributed by atoms with E-state index in [-0.39, 0.29) is 0 Å². The molecular formula is C15H28N4. The van der Waals surface area contributed by atoms with E-state index in [0.29, 0.717) is 0 Å². The molecule has 0 aliphatic rings. The summed E-state index contributed by atoms with van der Waals surface area (Å²) in [6.45, 7) is 0.848. The molecule has 4 heteroatoms. The van der Waals surface area contributed by atoms with Crippen LogP contribution in [0.4, 0.5) is 0 Å². The van der Waals surface area contributed by atoms with E-state index in [4.69, 9.17) is 5.73 Å². The van der Waals surface area contributed by atoms with Crippen LogP contribution in [-0.4, -0.2) is 21.5 Å². The van der Waals surface area contributed by atoms with Crippen molar-refractivity contribution in [3.05, 3.63) is 18.5 Å². The lowest BCUT2D eigenvalue weighted by atomic mass is 10.1. The quantitative estimate of drug-likeness (QED) is 0.588. The number of hydrogen-bond donors (Lipinski definition) is 1. The fourth-order valence-corrected chi connectivity index (χ4v) is 2.23. The van der Waals surface area contributed by atoms with Gasteiger partial charge in [0.15, 0.2) is 0 Å². The first-order valence-electron chi connectivity index (χ1n) is 7.74. The van der Waals surface area contributed by atoms with Crippen LogP contribution < -0.4 is 5.73 Å². The highest BCUT2D eigenvalue weighted by atomic mass is 15.0. The minimum atomic E-state index is 0.848. The van der Waals surface area contributed by atoms with E-state index in [9.17, 15) is 0 Å². The maximum atomic E-state index is 5.47. The molecule has 4 nitrogen and oxygen atoms in total. The first kappa shape index (κ1) is 16.0. The Morgan fingerprint density at radius 1 is 0.684 bits per heavy atom. The summed E-state index contributed by atoms with van der Waals surface area (Å²) in [4.78, 5) is 12.1. The van der Waals surface area contributed by atoms with Gasteiger partial charge < -0.3 is 5.73 Å². The van der Waals surface area contributed by atoms with Crippen LogP contribution >= 0.6 is 0 Å². The van der Waals surface area contributed by atoms with Crippen molar-refractivity contribution in [2.45, 2.75) is 70.6 Å². The standard InChI is InChI=1S/C15H28N4/c16-12-10-8-6-4-2-1-3-5-7-9-11-15-18-13-17-14-19-15/h13-14H,1-12,16H2. The topological polar surface area (TPSA) is 64.7 Å². The van der Waals surface area contributed by atoms with Crippen molar-refractivity contribution >= 4 is 0 Å². The van der Waals surface area contributed by atoms with Crippen LogP contribution in [-0.2, 0) is 6.42 Å². The van der Waals surface area contributed by atoms with Gasteiger partial charge in [-0.15, -0.1) is 0 Å². The molecule has 0 aromatic carbocycles. The zero-order valence-corrected chi connectivity index (χ0v) is 12.1. The molecule has 2 N–H and O–H groups in total. The molecule has 1 rings (SSSR count). The molecule has 0 saturated carbocycles. The largest absolute Gasteiger partial charge is 0.330 e. The Labute approximate surface area is 117 Å².